The molecule has 0 rings (SSSR count). The molecule has 0 aromatic carbocycles. The van der Waals surface area contributed by atoms with E-state index in [2.05, 4.69) is 20.6 Å². The lowest BCUT2D eigenvalue weighted by Crippen LogP contribution is -2.29. The normalized spacial score (nSPS) is 10.7. The average molecular weight is 249 g/mol. The molecule has 0 fully saturated rings. The molecule has 2 N–H and O–H groups in total. The number of rotatable bonds is 5. The predicted octanol–water partition coefficient (Wildman–Crippen LogP) is 0.362. The molecule has 0 aromatic rings. The molecule has 0 atom stereocenters. The van der Waals surface area contributed by atoms with Gasteiger partial charge in [-0.15, -0.1) is 11.8 Å². The summed E-state index contributed by atoms with van der Waals surface area (Å²) in [6, 6.07) is 0. The number of esters is 1. The first kappa shape index (κ1) is 14.2. The third-order valence-corrected chi connectivity index (χ3v) is 2.69. The van der Waals surface area contributed by atoms with Crippen molar-refractivity contribution in [2.75, 3.05) is 25.7 Å². The minimum Gasteiger partial charge on any atom is -0.468 e. The summed E-state index contributed by atoms with van der Waals surface area (Å²) in [6.07, 6.45) is 0. The Hall–Kier alpha value is -0.820. The Morgan fingerprint density at radius 3 is 2.73 bits per heavy atom. The number of hydrogen-bond donors (Lipinski definition) is 2. The van der Waals surface area contributed by atoms with E-state index >= 15 is 0 Å². The first-order chi connectivity index (χ1) is 7.10. The maximum absolute atomic E-state index is 10.8. The highest BCUT2D eigenvalue weighted by Gasteiger charge is 2.00. The van der Waals surface area contributed by atoms with Crippen molar-refractivity contribution in [1.29, 1.82) is 0 Å². The minimum atomic E-state index is -0.230. The van der Waals surface area contributed by atoms with E-state index in [0.717, 1.165) is 5.71 Å². The quantitative estimate of drug-likeness (QED) is 0.317. The van der Waals surface area contributed by atoms with E-state index in [4.69, 9.17) is 12.2 Å². The summed E-state index contributed by atoms with van der Waals surface area (Å²) in [5, 5.41) is 7.21. The van der Waals surface area contributed by atoms with Crippen LogP contribution in [0.4, 0.5) is 0 Å². The SMILES string of the molecule is CNC(=S)NN=C(C)CSCC(=O)OC. The van der Waals surface area contributed by atoms with Crippen LogP contribution in [-0.4, -0.2) is 42.5 Å². The van der Waals surface area contributed by atoms with Crippen molar-refractivity contribution in [3.05, 3.63) is 0 Å². The summed E-state index contributed by atoms with van der Waals surface area (Å²) in [4.78, 5) is 10.8. The number of carbonyl (C=O) groups is 1. The Morgan fingerprint density at radius 2 is 2.20 bits per heavy atom. The number of methoxy groups -OCH3 is 1. The third-order valence-electron chi connectivity index (χ3n) is 1.33. The lowest BCUT2D eigenvalue weighted by Gasteiger charge is -2.03. The Bertz CT molecular complexity index is 256. The van der Waals surface area contributed by atoms with Gasteiger partial charge in [0.25, 0.3) is 0 Å². The molecule has 0 aliphatic rings. The first-order valence-corrected chi connectivity index (χ1v) is 5.82. The molecule has 0 aromatic heterocycles. The molecule has 0 saturated heterocycles. The van der Waals surface area contributed by atoms with Gasteiger partial charge in [0.15, 0.2) is 5.11 Å². The lowest BCUT2D eigenvalue weighted by molar-refractivity contribution is -0.137. The molecule has 0 radical (unpaired) electrons. The zero-order valence-corrected chi connectivity index (χ0v) is 10.6. The van der Waals surface area contributed by atoms with Gasteiger partial charge in [-0.2, -0.15) is 5.10 Å². The van der Waals surface area contributed by atoms with Crippen LogP contribution in [0.2, 0.25) is 0 Å². The highest BCUT2D eigenvalue weighted by molar-refractivity contribution is 8.00. The summed E-state index contributed by atoms with van der Waals surface area (Å²) >= 11 is 6.28. The van der Waals surface area contributed by atoms with Gasteiger partial charge in [0, 0.05) is 18.5 Å². The van der Waals surface area contributed by atoms with Gasteiger partial charge >= 0.3 is 5.97 Å². The zero-order valence-electron chi connectivity index (χ0n) is 8.99. The summed E-state index contributed by atoms with van der Waals surface area (Å²) in [5.41, 5.74) is 3.53. The van der Waals surface area contributed by atoms with E-state index in [9.17, 15) is 4.79 Å². The van der Waals surface area contributed by atoms with Crippen molar-refractivity contribution in [3.63, 3.8) is 0 Å². The molecule has 0 amide bonds. The monoisotopic (exact) mass is 249 g/mol. The average Bonchev–Trinajstić information content (AvgIpc) is 2.25. The molecule has 0 saturated carbocycles. The van der Waals surface area contributed by atoms with Crippen LogP contribution in [0.1, 0.15) is 6.92 Å². The van der Waals surface area contributed by atoms with Crippen molar-refractivity contribution in [3.8, 4) is 0 Å². The van der Waals surface area contributed by atoms with Crippen LogP contribution in [0.15, 0.2) is 5.10 Å². The molecule has 5 nitrogen and oxygen atoms in total. The molecule has 0 aliphatic heterocycles. The lowest BCUT2D eigenvalue weighted by atomic mass is 10.5. The second-order valence-electron chi connectivity index (χ2n) is 2.61. The van der Waals surface area contributed by atoms with E-state index in [1.165, 1.54) is 18.9 Å². The molecule has 0 unspecified atom stereocenters. The highest BCUT2D eigenvalue weighted by Crippen LogP contribution is 2.00. The van der Waals surface area contributed by atoms with Crippen LogP contribution in [0.3, 0.4) is 0 Å². The van der Waals surface area contributed by atoms with Crippen LogP contribution in [0, 0.1) is 0 Å². The Labute approximate surface area is 99.0 Å². The van der Waals surface area contributed by atoms with Crippen molar-refractivity contribution >= 4 is 40.8 Å². The number of thiocarbonyl (C=S) groups is 1. The van der Waals surface area contributed by atoms with Gasteiger partial charge in [-0.25, -0.2) is 0 Å². The van der Waals surface area contributed by atoms with Gasteiger partial charge in [-0.05, 0) is 19.1 Å². The van der Waals surface area contributed by atoms with Crippen molar-refractivity contribution < 1.29 is 9.53 Å². The fraction of sp³-hybridized carbons (Fsp3) is 0.625. The van der Waals surface area contributed by atoms with Crippen LogP contribution >= 0.6 is 24.0 Å². The van der Waals surface area contributed by atoms with Crippen LogP contribution in [-0.2, 0) is 9.53 Å². The molecule has 86 valence electrons. The number of hydrazone groups is 1. The summed E-state index contributed by atoms with van der Waals surface area (Å²) in [7, 11) is 3.09. The molecular formula is C8H15N3O2S2. The van der Waals surface area contributed by atoms with E-state index in [1.54, 1.807) is 7.05 Å². The molecule has 0 spiro atoms. The number of nitrogens with zero attached hydrogens (tertiary/aromatic N) is 1. The van der Waals surface area contributed by atoms with Crippen LogP contribution in [0.25, 0.3) is 0 Å². The van der Waals surface area contributed by atoms with Gasteiger partial charge in [0.1, 0.15) is 0 Å². The Morgan fingerprint density at radius 1 is 1.53 bits per heavy atom. The zero-order chi connectivity index (χ0) is 11.7. The topological polar surface area (TPSA) is 62.7 Å². The maximum atomic E-state index is 10.8. The standard InChI is InChI=1S/C8H15N3O2S2/c1-6(10-11-8(14)9-2)4-15-5-7(12)13-3/h4-5H2,1-3H3,(H2,9,11,14). The predicted molar refractivity (Wildman–Crippen MR) is 67.2 cm³/mol. The second-order valence-corrected chi connectivity index (χ2v) is 4.00. The van der Waals surface area contributed by atoms with Crippen LogP contribution < -0.4 is 10.7 Å². The number of ether oxygens (including phenoxy) is 1. The summed E-state index contributed by atoms with van der Waals surface area (Å²) in [5.74, 6) is 0.764. The first-order valence-electron chi connectivity index (χ1n) is 4.25. The summed E-state index contributed by atoms with van der Waals surface area (Å²) < 4.78 is 4.50. The van der Waals surface area contributed by atoms with E-state index in [-0.39, 0.29) is 5.97 Å². The second kappa shape index (κ2) is 8.49. The Balaban J connectivity index is 3.68. The molecular weight excluding hydrogens is 234 g/mol. The third kappa shape index (κ3) is 8.19. The number of nitrogens with one attached hydrogen (secondary N) is 2. The molecule has 0 heterocycles. The highest BCUT2D eigenvalue weighted by atomic mass is 32.2. The number of hydrogen-bond acceptors (Lipinski definition) is 5. The largest absolute Gasteiger partial charge is 0.468 e. The van der Waals surface area contributed by atoms with Gasteiger partial charge < -0.3 is 10.1 Å². The summed E-state index contributed by atoms with van der Waals surface area (Å²) in [6.45, 7) is 1.86. The van der Waals surface area contributed by atoms with Gasteiger partial charge in [-0.1, -0.05) is 0 Å². The van der Waals surface area contributed by atoms with Crippen molar-refractivity contribution in [2.24, 2.45) is 5.10 Å². The number of thioether (sulfide) groups is 1. The fourth-order valence-corrected chi connectivity index (χ4v) is 1.37. The molecule has 15 heavy (non-hydrogen) atoms. The number of carbonyl (C=O) groups excluding carboxylic acids is 1. The van der Waals surface area contributed by atoms with Gasteiger partial charge in [-0.3, -0.25) is 10.2 Å². The van der Waals surface area contributed by atoms with Crippen molar-refractivity contribution in [2.45, 2.75) is 6.92 Å². The van der Waals surface area contributed by atoms with Crippen LogP contribution in [0.5, 0.6) is 0 Å². The molecule has 0 aliphatic carbocycles. The smallest absolute Gasteiger partial charge is 0.315 e. The molecule has 0 bridgehead atoms. The Kier molecular flexibility index (Phi) is 8.02. The van der Waals surface area contributed by atoms with Crippen molar-refractivity contribution in [1.82, 2.24) is 10.7 Å². The molecule has 7 heteroatoms. The van der Waals surface area contributed by atoms with E-state index < -0.39 is 0 Å². The van der Waals surface area contributed by atoms with Gasteiger partial charge in [0.05, 0.1) is 12.9 Å². The van der Waals surface area contributed by atoms with Gasteiger partial charge in [0.2, 0.25) is 0 Å². The van der Waals surface area contributed by atoms with E-state index in [1.807, 2.05) is 6.92 Å². The minimum absolute atomic E-state index is 0.230. The van der Waals surface area contributed by atoms with E-state index in [0.29, 0.717) is 16.6 Å². The fourth-order valence-electron chi connectivity index (χ4n) is 0.575. The maximum Gasteiger partial charge on any atom is 0.315 e.